The number of aliphatic imine (C=N–C) groups is 1. The Bertz CT molecular complexity index is 813. The highest BCUT2D eigenvalue weighted by Crippen LogP contribution is 2.39. The van der Waals surface area contributed by atoms with Crippen LogP contribution in [0.15, 0.2) is 53.1 Å². The molecule has 2 atom stereocenters. The summed E-state index contributed by atoms with van der Waals surface area (Å²) in [5, 5.41) is 3.91. The van der Waals surface area contributed by atoms with Gasteiger partial charge in [-0.15, -0.1) is 0 Å². The summed E-state index contributed by atoms with van der Waals surface area (Å²) >= 11 is 1.87. The Morgan fingerprint density at radius 1 is 1.48 bits per heavy atom. The molecule has 1 aromatic rings. The molecule has 1 aromatic heterocycles. The molecule has 2 unspecified atom stereocenters. The predicted octanol–water partition coefficient (Wildman–Crippen LogP) is 4.25. The molecule has 0 saturated heterocycles. The molecule has 6 heteroatoms. The van der Waals surface area contributed by atoms with E-state index in [9.17, 15) is 0 Å². The van der Waals surface area contributed by atoms with Gasteiger partial charge in [0.1, 0.15) is 0 Å². The van der Waals surface area contributed by atoms with Gasteiger partial charge in [-0.05, 0) is 49.0 Å². The van der Waals surface area contributed by atoms with Gasteiger partial charge in [0.25, 0.3) is 0 Å². The van der Waals surface area contributed by atoms with Crippen molar-refractivity contribution in [2.24, 2.45) is 10.7 Å². The zero-order chi connectivity index (χ0) is 20.7. The Hall–Kier alpha value is -2.05. The average molecular weight is 412 g/mol. The number of allylic oxidation sites excluding steroid dienone is 1. The molecule has 1 aliphatic heterocycles. The first kappa shape index (κ1) is 21.7. The Labute approximate surface area is 179 Å². The predicted molar refractivity (Wildman–Crippen MR) is 126 cm³/mol. The van der Waals surface area contributed by atoms with Crippen LogP contribution in [0.1, 0.15) is 51.2 Å². The zero-order valence-corrected chi connectivity index (χ0v) is 18.6. The molecule has 1 aliphatic carbocycles. The van der Waals surface area contributed by atoms with Crippen LogP contribution in [-0.2, 0) is 5.54 Å². The van der Waals surface area contributed by atoms with Gasteiger partial charge >= 0.3 is 0 Å². The van der Waals surface area contributed by atoms with Gasteiger partial charge in [0.15, 0.2) is 0 Å². The molecule has 2 aliphatic rings. The van der Waals surface area contributed by atoms with E-state index in [1.807, 2.05) is 30.6 Å². The number of nitrogens with one attached hydrogen (secondary N) is 1. The summed E-state index contributed by atoms with van der Waals surface area (Å²) in [7, 11) is 0. The van der Waals surface area contributed by atoms with E-state index in [1.165, 1.54) is 16.7 Å². The number of rotatable bonds is 8. The van der Waals surface area contributed by atoms with Crippen molar-refractivity contribution in [3.63, 3.8) is 0 Å². The highest BCUT2D eigenvalue weighted by atomic mass is 32.2. The summed E-state index contributed by atoms with van der Waals surface area (Å²) in [5.41, 5.74) is 10.4. The second-order valence-corrected chi connectivity index (χ2v) is 9.04. The number of hydrogen-bond donors (Lipinski definition) is 2. The standard InChI is InChI=1S/C23H33N5S/c1-4-9-25-16-20(15-24)19-13-18-6-10-26-17-22(18)23(3,14-19)27-21-7-11-28(12-8-21)29-5-2/h6-7,10-11,13,15-17,21,27H,4-5,8-9,12,14,24H2,1-3H3. The van der Waals surface area contributed by atoms with E-state index >= 15 is 0 Å². The first-order valence-electron chi connectivity index (χ1n) is 10.5. The molecule has 0 radical (unpaired) electrons. The van der Waals surface area contributed by atoms with Crippen LogP contribution in [0.3, 0.4) is 0 Å². The van der Waals surface area contributed by atoms with Crippen molar-refractivity contribution in [2.75, 3.05) is 18.8 Å². The van der Waals surface area contributed by atoms with Crippen LogP contribution in [0.25, 0.3) is 6.08 Å². The van der Waals surface area contributed by atoms with E-state index in [0.717, 1.165) is 43.7 Å². The average Bonchev–Trinajstić information content (AvgIpc) is 2.73. The van der Waals surface area contributed by atoms with E-state index in [2.05, 4.69) is 64.8 Å². The first-order valence-corrected chi connectivity index (χ1v) is 11.5. The molecular formula is C23H33N5S. The van der Waals surface area contributed by atoms with E-state index in [1.54, 1.807) is 6.20 Å². The van der Waals surface area contributed by atoms with E-state index in [4.69, 9.17) is 5.73 Å². The third-order valence-electron chi connectivity index (χ3n) is 5.40. The minimum Gasteiger partial charge on any atom is -0.404 e. The van der Waals surface area contributed by atoms with E-state index in [0.29, 0.717) is 6.04 Å². The Balaban J connectivity index is 1.85. The maximum absolute atomic E-state index is 5.98. The minimum absolute atomic E-state index is 0.213. The molecule has 29 heavy (non-hydrogen) atoms. The van der Waals surface area contributed by atoms with Crippen molar-refractivity contribution < 1.29 is 0 Å². The fourth-order valence-corrected chi connectivity index (χ4v) is 4.71. The van der Waals surface area contributed by atoms with Crippen LogP contribution in [0.2, 0.25) is 0 Å². The summed E-state index contributed by atoms with van der Waals surface area (Å²) in [6.45, 7) is 8.47. The van der Waals surface area contributed by atoms with Gasteiger partial charge in [-0.1, -0.05) is 37.9 Å². The highest BCUT2D eigenvalue weighted by molar-refractivity contribution is 7.97. The lowest BCUT2D eigenvalue weighted by molar-refractivity contribution is 0.311. The molecule has 3 N–H and O–H groups in total. The number of pyridine rings is 1. The van der Waals surface area contributed by atoms with Gasteiger partial charge in [-0.2, -0.15) is 0 Å². The molecule has 0 fully saturated rings. The number of nitrogens with zero attached hydrogens (tertiary/aromatic N) is 3. The summed E-state index contributed by atoms with van der Waals surface area (Å²) in [4.78, 5) is 8.92. The maximum atomic E-state index is 5.98. The van der Waals surface area contributed by atoms with Crippen LogP contribution in [0.4, 0.5) is 0 Å². The lowest BCUT2D eigenvalue weighted by atomic mass is 9.76. The van der Waals surface area contributed by atoms with E-state index in [-0.39, 0.29) is 5.54 Å². The molecule has 0 saturated carbocycles. The quantitative estimate of drug-likeness (QED) is 0.494. The second kappa shape index (κ2) is 10.1. The van der Waals surface area contributed by atoms with Crippen molar-refractivity contribution >= 4 is 24.2 Å². The molecule has 5 nitrogen and oxygen atoms in total. The SMILES string of the molecule is CCCN=CC(=CN)C1=Cc2ccncc2C(C)(NC2C=CN(SCC)CC2)C1. The monoisotopic (exact) mass is 411 g/mol. The zero-order valence-electron chi connectivity index (χ0n) is 17.8. The minimum atomic E-state index is -0.213. The van der Waals surface area contributed by atoms with Gasteiger partial charge in [-0.25, -0.2) is 0 Å². The summed E-state index contributed by atoms with van der Waals surface area (Å²) in [6.07, 6.45) is 17.2. The van der Waals surface area contributed by atoms with Crippen LogP contribution < -0.4 is 11.1 Å². The second-order valence-electron chi connectivity index (χ2n) is 7.74. The molecule has 0 spiro atoms. The molecule has 2 heterocycles. The Morgan fingerprint density at radius 2 is 2.34 bits per heavy atom. The largest absolute Gasteiger partial charge is 0.404 e. The number of hydrogen-bond acceptors (Lipinski definition) is 6. The van der Waals surface area contributed by atoms with Crippen molar-refractivity contribution in [2.45, 2.75) is 51.6 Å². The lowest BCUT2D eigenvalue weighted by Crippen LogP contribution is -2.48. The first-order chi connectivity index (χ1) is 14.1. The lowest BCUT2D eigenvalue weighted by Gasteiger charge is -2.40. The van der Waals surface area contributed by atoms with Crippen molar-refractivity contribution in [1.29, 1.82) is 0 Å². The van der Waals surface area contributed by atoms with Crippen LogP contribution in [0, 0.1) is 0 Å². The highest BCUT2D eigenvalue weighted by Gasteiger charge is 2.35. The topological polar surface area (TPSA) is 66.5 Å². The fourth-order valence-electron chi connectivity index (χ4n) is 3.99. The molecule has 0 aromatic carbocycles. The number of fused-ring (bicyclic) bond motifs is 1. The summed E-state index contributed by atoms with van der Waals surface area (Å²) in [6, 6.07) is 2.42. The van der Waals surface area contributed by atoms with Gasteiger partial charge in [-0.3, -0.25) is 9.98 Å². The Morgan fingerprint density at radius 3 is 3.03 bits per heavy atom. The van der Waals surface area contributed by atoms with Crippen LogP contribution >= 0.6 is 11.9 Å². The molecule has 0 bridgehead atoms. The van der Waals surface area contributed by atoms with Crippen molar-refractivity contribution in [3.8, 4) is 0 Å². The molecule has 3 rings (SSSR count). The Kier molecular flexibility index (Phi) is 7.56. The molecule has 156 valence electrons. The van der Waals surface area contributed by atoms with Crippen molar-refractivity contribution in [1.82, 2.24) is 14.6 Å². The van der Waals surface area contributed by atoms with Crippen LogP contribution in [-0.4, -0.2) is 40.4 Å². The van der Waals surface area contributed by atoms with Gasteiger partial charge in [0, 0.05) is 67.0 Å². The normalized spacial score (nSPS) is 24.7. The van der Waals surface area contributed by atoms with Gasteiger partial charge < -0.3 is 15.4 Å². The molecule has 0 amide bonds. The third-order valence-corrected chi connectivity index (χ3v) is 6.29. The van der Waals surface area contributed by atoms with Crippen LogP contribution in [0.5, 0.6) is 0 Å². The smallest absolute Gasteiger partial charge is 0.0472 e. The third kappa shape index (κ3) is 5.31. The van der Waals surface area contributed by atoms with Gasteiger partial charge in [0.05, 0.1) is 0 Å². The number of aromatic nitrogens is 1. The summed E-state index contributed by atoms with van der Waals surface area (Å²) in [5.74, 6) is 1.10. The number of nitrogens with two attached hydrogens (primary N) is 1. The summed E-state index contributed by atoms with van der Waals surface area (Å²) < 4.78 is 2.32. The molecular weight excluding hydrogens is 378 g/mol. The maximum Gasteiger partial charge on any atom is 0.0472 e. The van der Waals surface area contributed by atoms with Gasteiger partial charge in [0.2, 0.25) is 0 Å². The fraction of sp³-hybridized carbons (Fsp3) is 0.478. The van der Waals surface area contributed by atoms with E-state index < -0.39 is 0 Å². The van der Waals surface area contributed by atoms with Crippen molar-refractivity contribution in [3.05, 3.63) is 59.2 Å².